The minimum atomic E-state index is -0.253. The third kappa shape index (κ3) is 2.46. The van der Waals surface area contributed by atoms with E-state index in [-0.39, 0.29) is 5.91 Å². The van der Waals surface area contributed by atoms with Crippen molar-refractivity contribution in [3.8, 4) is 11.3 Å². The van der Waals surface area contributed by atoms with Crippen LogP contribution >= 0.6 is 0 Å². The lowest BCUT2D eigenvalue weighted by Crippen LogP contribution is -2.13. The van der Waals surface area contributed by atoms with E-state index in [1.165, 1.54) is 0 Å². The number of carbonyl (C=O) groups excluding carboxylic acids is 1. The molecule has 23 heavy (non-hydrogen) atoms. The highest BCUT2D eigenvalue weighted by atomic mass is 16.1. The van der Waals surface area contributed by atoms with Crippen LogP contribution < -0.4 is 5.32 Å². The fraction of sp³-hybridized carbons (Fsp3) is 0. The summed E-state index contributed by atoms with van der Waals surface area (Å²) >= 11 is 0. The van der Waals surface area contributed by atoms with Crippen LogP contribution in [0.5, 0.6) is 0 Å². The van der Waals surface area contributed by atoms with Gasteiger partial charge in [-0.15, -0.1) is 0 Å². The maximum absolute atomic E-state index is 12.4. The maximum Gasteiger partial charge on any atom is 0.260 e. The van der Waals surface area contributed by atoms with Crippen LogP contribution in [0.1, 0.15) is 10.4 Å². The number of carbonyl (C=O) groups is 1. The number of para-hydroxylation sites is 1. The summed E-state index contributed by atoms with van der Waals surface area (Å²) in [6.07, 6.45) is 3.27. The summed E-state index contributed by atoms with van der Waals surface area (Å²) < 4.78 is 0. The Morgan fingerprint density at radius 1 is 1.00 bits per heavy atom. The molecule has 0 saturated heterocycles. The van der Waals surface area contributed by atoms with Gasteiger partial charge in [-0.2, -0.15) is 0 Å². The number of nitrogens with zero attached hydrogens (tertiary/aromatic N) is 2. The Labute approximate surface area is 131 Å². The van der Waals surface area contributed by atoms with E-state index < -0.39 is 0 Å². The smallest absolute Gasteiger partial charge is 0.260 e. The summed E-state index contributed by atoms with van der Waals surface area (Å²) in [6, 6.07) is 15.2. The molecule has 0 fully saturated rings. The summed E-state index contributed by atoms with van der Waals surface area (Å²) in [7, 11) is 0. The zero-order chi connectivity index (χ0) is 15.6. The van der Waals surface area contributed by atoms with Gasteiger partial charge < -0.3 is 9.97 Å². The first-order chi connectivity index (χ1) is 11.3. The van der Waals surface area contributed by atoms with E-state index in [1.54, 1.807) is 18.6 Å². The van der Waals surface area contributed by atoms with Gasteiger partial charge >= 0.3 is 0 Å². The lowest BCUT2D eigenvalue weighted by atomic mass is 10.2. The first-order valence-corrected chi connectivity index (χ1v) is 7.15. The van der Waals surface area contributed by atoms with Gasteiger partial charge in [0.05, 0.1) is 29.3 Å². The number of benzene rings is 2. The van der Waals surface area contributed by atoms with Gasteiger partial charge in [-0.05, 0) is 17.7 Å². The molecular weight excluding hydrogens is 290 g/mol. The molecule has 1 amide bonds. The number of nitrogens with one attached hydrogen (secondary N) is 3. The van der Waals surface area contributed by atoms with Gasteiger partial charge in [0.1, 0.15) is 5.52 Å². The molecule has 0 unspecified atom stereocenters. The average Bonchev–Trinajstić information content (AvgIpc) is 3.24. The minimum Gasteiger partial charge on any atom is -0.345 e. The Kier molecular flexibility index (Phi) is 3.12. The van der Waals surface area contributed by atoms with Gasteiger partial charge in [-0.1, -0.05) is 36.4 Å². The number of aromatic amines is 2. The van der Waals surface area contributed by atoms with E-state index in [0.29, 0.717) is 17.0 Å². The molecule has 0 aliphatic rings. The molecule has 0 atom stereocenters. The molecule has 2 aromatic carbocycles. The van der Waals surface area contributed by atoms with Gasteiger partial charge in [-0.25, -0.2) is 9.97 Å². The Balaban J connectivity index is 1.60. The topological polar surface area (TPSA) is 86.5 Å². The molecule has 4 aromatic rings. The lowest BCUT2D eigenvalue weighted by Gasteiger charge is -2.03. The monoisotopic (exact) mass is 303 g/mol. The van der Waals surface area contributed by atoms with Crippen LogP contribution in [0.4, 0.5) is 5.95 Å². The Morgan fingerprint density at radius 3 is 2.74 bits per heavy atom. The van der Waals surface area contributed by atoms with E-state index in [2.05, 4.69) is 25.3 Å². The Morgan fingerprint density at radius 2 is 1.87 bits per heavy atom. The van der Waals surface area contributed by atoms with E-state index in [1.807, 2.05) is 42.5 Å². The lowest BCUT2D eigenvalue weighted by molar-refractivity contribution is 0.102. The van der Waals surface area contributed by atoms with Crippen molar-refractivity contribution in [2.24, 2.45) is 0 Å². The maximum atomic E-state index is 12.4. The first kappa shape index (κ1) is 13.3. The number of H-pyrrole nitrogens is 2. The molecule has 6 nitrogen and oxygen atoms in total. The summed E-state index contributed by atoms with van der Waals surface area (Å²) in [4.78, 5) is 26.9. The van der Waals surface area contributed by atoms with Crippen LogP contribution in [0.2, 0.25) is 0 Å². The van der Waals surface area contributed by atoms with Gasteiger partial charge in [0.25, 0.3) is 5.91 Å². The van der Waals surface area contributed by atoms with E-state index in [4.69, 9.17) is 0 Å². The van der Waals surface area contributed by atoms with E-state index in [0.717, 1.165) is 16.8 Å². The van der Waals surface area contributed by atoms with Crippen molar-refractivity contribution in [3.05, 3.63) is 66.6 Å². The zero-order valence-corrected chi connectivity index (χ0v) is 12.1. The zero-order valence-electron chi connectivity index (χ0n) is 12.1. The van der Waals surface area contributed by atoms with Gasteiger partial charge in [-0.3, -0.25) is 10.1 Å². The fourth-order valence-electron chi connectivity index (χ4n) is 2.47. The summed E-state index contributed by atoms with van der Waals surface area (Å²) in [5.74, 6) is 0.151. The number of aromatic nitrogens is 4. The van der Waals surface area contributed by atoms with Crippen molar-refractivity contribution in [1.29, 1.82) is 0 Å². The van der Waals surface area contributed by atoms with Gasteiger partial charge in [0.15, 0.2) is 0 Å². The molecule has 0 bridgehead atoms. The minimum absolute atomic E-state index is 0.253. The second-order valence-corrected chi connectivity index (χ2v) is 5.07. The summed E-state index contributed by atoms with van der Waals surface area (Å²) in [5, 5.41) is 2.77. The van der Waals surface area contributed by atoms with Crippen LogP contribution in [0, 0.1) is 0 Å². The highest BCUT2D eigenvalue weighted by molar-refractivity contribution is 6.10. The quantitative estimate of drug-likeness (QED) is 0.543. The van der Waals surface area contributed by atoms with Crippen molar-refractivity contribution in [1.82, 2.24) is 19.9 Å². The molecule has 0 spiro atoms. The number of hydrogen-bond acceptors (Lipinski definition) is 3. The Bertz CT molecular complexity index is 971. The highest BCUT2D eigenvalue weighted by Crippen LogP contribution is 2.19. The standard InChI is InChI=1S/C17H13N5O/c23-16(12-7-4-8-13-15(12)20-10-19-13)22-17-18-9-14(21-17)11-5-2-1-3-6-11/h1-10H,(H,19,20)(H2,18,21,22,23). The van der Waals surface area contributed by atoms with Crippen molar-refractivity contribution in [2.75, 3.05) is 5.32 Å². The molecule has 112 valence electrons. The molecule has 2 aromatic heterocycles. The average molecular weight is 303 g/mol. The van der Waals surface area contributed by atoms with Crippen LogP contribution in [0.25, 0.3) is 22.3 Å². The Hall–Kier alpha value is -3.41. The van der Waals surface area contributed by atoms with Gasteiger partial charge in [0.2, 0.25) is 5.95 Å². The third-order valence-corrected chi connectivity index (χ3v) is 3.59. The van der Waals surface area contributed by atoms with Crippen LogP contribution in [0.15, 0.2) is 61.1 Å². The molecular formula is C17H13N5O. The number of imidazole rings is 2. The second-order valence-electron chi connectivity index (χ2n) is 5.07. The number of anilines is 1. The summed E-state index contributed by atoms with van der Waals surface area (Å²) in [5.41, 5.74) is 3.82. The third-order valence-electron chi connectivity index (χ3n) is 3.59. The van der Waals surface area contributed by atoms with E-state index >= 15 is 0 Å². The number of amides is 1. The normalized spacial score (nSPS) is 10.8. The molecule has 0 aliphatic heterocycles. The largest absolute Gasteiger partial charge is 0.345 e. The molecule has 0 aliphatic carbocycles. The predicted octanol–water partition coefficient (Wildman–Crippen LogP) is 3.21. The SMILES string of the molecule is O=C(Nc1ncc(-c2ccccc2)[nH]1)c1cccc2[nH]cnc12. The molecule has 4 rings (SSSR count). The number of hydrogen-bond donors (Lipinski definition) is 3. The van der Waals surface area contributed by atoms with Crippen LogP contribution in [0.3, 0.4) is 0 Å². The van der Waals surface area contributed by atoms with Crippen LogP contribution in [-0.4, -0.2) is 25.8 Å². The molecule has 0 radical (unpaired) electrons. The fourth-order valence-corrected chi connectivity index (χ4v) is 2.47. The molecule has 3 N–H and O–H groups in total. The predicted molar refractivity (Wildman–Crippen MR) is 88.1 cm³/mol. The van der Waals surface area contributed by atoms with Crippen molar-refractivity contribution < 1.29 is 4.79 Å². The van der Waals surface area contributed by atoms with Crippen molar-refractivity contribution in [3.63, 3.8) is 0 Å². The van der Waals surface area contributed by atoms with Crippen molar-refractivity contribution in [2.45, 2.75) is 0 Å². The van der Waals surface area contributed by atoms with Crippen molar-refractivity contribution >= 4 is 22.9 Å². The number of rotatable bonds is 3. The highest BCUT2D eigenvalue weighted by Gasteiger charge is 2.13. The van der Waals surface area contributed by atoms with E-state index in [9.17, 15) is 4.79 Å². The van der Waals surface area contributed by atoms with Crippen LogP contribution in [-0.2, 0) is 0 Å². The molecule has 2 heterocycles. The molecule has 0 saturated carbocycles. The first-order valence-electron chi connectivity index (χ1n) is 7.15. The summed E-state index contributed by atoms with van der Waals surface area (Å²) in [6.45, 7) is 0. The van der Waals surface area contributed by atoms with Gasteiger partial charge in [0, 0.05) is 0 Å². The molecule has 6 heteroatoms. The number of fused-ring (bicyclic) bond motifs is 1. The second kappa shape index (κ2) is 5.42.